The molecule has 5 unspecified atom stereocenters. The fraction of sp³-hybridized carbons (Fsp3) is 0.829. The molecule has 6 heteroatoms. The van der Waals surface area contributed by atoms with E-state index in [9.17, 15) is 27.1 Å². The molecule has 4 rings (SSSR count). The van der Waals surface area contributed by atoms with Crippen LogP contribution in [0.3, 0.4) is 0 Å². The largest absolute Gasteiger partial charge is 0.453 e. The lowest BCUT2D eigenvalue weighted by Crippen LogP contribution is -2.47. The Hall–Kier alpha value is -1.17. The third-order valence-electron chi connectivity index (χ3n) is 11.4. The Kier molecular flexibility index (Phi) is 10.9. The van der Waals surface area contributed by atoms with Crippen LogP contribution < -0.4 is 0 Å². The summed E-state index contributed by atoms with van der Waals surface area (Å²) in [7, 11) is 0. The van der Waals surface area contributed by atoms with Gasteiger partial charge in [-0.2, -0.15) is 22.0 Å². The Balaban J connectivity index is 1.15. The third-order valence-corrected chi connectivity index (χ3v) is 11.4. The van der Waals surface area contributed by atoms with Crippen molar-refractivity contribution in [2.24, 2.45) is 29.1 Å². The maximum absolute atomic E-state index is 13.1. The van der Waals surface area contributed by atoms with E-state index in [0.717, 1.165) is 38.5 Å². The van der Waals surface area contributed by atoms with E-state index < -0.39 is 18.5 Å². The van der Waals surface area contributed by atoms with Crippen LogP contribution >= 0.6 is 0 Å². The van der Waals surface area contributed by atoms with Crippen LogP contribution in [0.25, 0.3) is 0 Å². The average Bonchev–Trinajstić information content (AvgIpc) is 3.20. The van der Waals surface area contributed by atoms with Gasteiger partial charge in [-0.3, -0.25) is 0 Å². The van der Waals surface area contributed by atoms with Crippen LogP contribution in [0, 0.1) is 36.0 Å². The average molecular weight is 585 g/mol. The first kappa shape index (κ1) is 32.7. The number of unbranched alkanes of at least 4 members (excludes halogenated alkanes) is 6. The monoisotopic (exact) mass is 584 g/mol. The van der Waals surface area contributed by atoms with Gasteiger partial charge in [0.2, 0.25) is 0 Å². The maximum atomic E-state index is 13.1. The van der Waals surface area contributed by atoms with Crippen LogP contribution in [0.5, 0.6) is 0 Å². The molecular weight excluding hydrogens is 531 g/mol. The van der Waals surface area contributed by atoms with Crippen molar-refractivity contribution in [1.82, 2.24) is 0 Å². The lowest BCUT2D eigenvalue weighted by molar-refractivity contribution is -0.284. The van der Waals surface area contributed by atoms with E-state index in [1.54, 1.807) is 11.1 Å². The molecule has 0 aromatic heterocycles. The molecule has 0 radical (unpaired) electrons. The van der Waals surface area contributed by atoms with E-state index in [1.807, 2.05) is 6.92 Å². The fourth-order valence-corrected chi connectivity index (χ4v) is 8.92. The molecular formula is C35H53F5O. The number of hydrogen-bond acceptors (Lipinski definition) is 1. The minimum atomic E-state index is -5.43. The quantitative estimate of drug-likeness (QED) is 0.170. The highest BCUT2D eigenvalue weighted by molar-refractivity contribution is 5.38. The molecule has 234 valence electrons. The molecule has 0 heterocycles. The number of fused-ring (bicyclic) bond motifs is 5. The molecule has 2 fully saturated rings. The van der Waals surface area contributed by atoms with E-state index in [-0.39, 0.29) is 23.9 Å². The molecule has 1 aromatic rings. The second kappa shape index (κ2) is 13.6. The van der Waals surface area contributed by atoms with Gasteiger partial charge in [-0.1, -0.05) is 95.4 Å². The summed E-state index contributed by atoms with van der Waals surface area (Å²) in [4.78, 5) is 0. The number of aliphatic hydroxyl groups excluding tert-OH is 1. The number of hydrogen-bond donors (Lipinski definition) is 1. The number of benzene rings is 1. The lowest BCUT2D eigenvalue weighted by Gasteiger charge is -2.53. The van der Waals surface area contributed by atoms with E-state index in [1.165, 1.54) is 56.9 Å². The van der Waals surface area contributed by atoms with Gasteiger partial charge in [0, 0.05) is 6.42 Å². The second-order valence-electron chi connectivity index (χ2n) is 14.3. The fourth-order valence-electron chi connectivity index (χ4n) is 8.92. The molecule has 1 nitrogen and oxygen atoms in total. The summed E-state index contributed by atoms with van der Waals surface area (Å²) in [6.07, 6.45) is 9.78. The predicted octanol–water partition coefficient (Wildman–Crippen LogP) is 11.0. The van der Waals surface area contributed by atoms with Gasteiger partial charge in [-0.15, -0.1) is 0 Å². The van der Waals surface area contributed by atoms with Crippen LogP contribution in [0.15, 0.2) is 18.2 Å². The Morgan fingerprint density at radius 3 is 2.27 bits per heavy atom. The highest BCUT2D eigenvalue weighted by atomic mass is 19.4. The van der Waals surface area contributed by atoms with Gasteiger partial charge < -0.3 is 5.11 Å². The molecule has 7 atom stereocenters. The number of aliphatic hydroxyl groups is 1. The van der Waals surface area contributed by atoms with Gasteiger partial charge >= 0.3 is 12.1 Å². The van der Waals surface area contributed by atoms with E-state index in [0.29, 0.717) is 30.1 Å². The molecule has 0 amide bonds. The zero-order valence-corrected chi connectivity index (χ0v) is 25.6. The van der Waals surface area contributed by atoms with Crippen LogP contribution in [0.2, 0.25) is 0 Å². The number of rotatable bonds is 14. The Bertz CT molecular complexity index is 974. The van der Waals surface area contributed by atoms with Gasteiger partial charge in [-0.25, -0.2) is 0 Å². The van der Waals surface area contributed by atoms with E-state index in [2.05, 4.69) is 32.0 Å². The summed E-state index contributed by atoms with van der Waals surface area (Å²) in [5, 5.41) is 10.9. The molecule has 1 N–H and O–H groups in total. The minimum absolute atomic E-state index is 0.0813. The predicted molar refractivity (Wildman–Crippen MR) is 156 cm³/mol. The van der Waals surface area contributed by atoms with Gasteiger partial charge in [0.1, 0.15) is 0 Å². The van der Waals surface area contributed by atoms with Crippen molar-refractivity contribution in [2.45, 2.75) is 154 Å². The molecule has 2 saturated carbocycles. The van der Waals surface area contributed by atoms with Crippen LogP contribution in [-0.4, -0.2) is 23.3 Å². The summed E-state index contributed by atoms with van der Waals surface area (Å²) in [5.41, 5.74) is 4.61. The van der Waals surface area contributed by atoms with Crippen molar-refractivity contribution in [3.8, 4) is 0 Å². The van der Waals surface area contributed by atoms with Gasteiger partial charge in [0.25, 0.3) is 0 Å². The normalized spacial score (nSPS) is 30.5. The van der Waals surface area contributed by atoms with E-state index >= 15 is 0 Å². The zero-order valence-electron chi connectivity index (χ0n) is 25.6. The number of halogens is 5. The van der Waals surface area contributed by atoms with Gasteiger partial charge in [0.15, 0.2) is 0 Å². The lowest BCUT2D eigenvalue weighted by atomic mass is 9.52. The van der Waals surface area contributed by atoms with Crippen molar-refractivity contribution in [3.05, 3.63) is 34.9 Å². The molecule has 0 spiro atoms. The summed E-state index contributed by atoms with van der Waals surface area (Å²) < 4.78 is 63.0. The molecule has 0 saturated heterocycles. The summed E-state index contributed by atoms with van der Waals surface area (Å²) in [5.74, 6) is -1.68. The molecule has 1 aromatic carbocycles. The highest BCUT2D eigenvalue weighted by Crippen LogP contribution is 2.62. The van der Waals surface area contributed by atoms with Crippen LogP contribution in [-0.2, 0) is 6.42 Å². The van der Waals surface area contributed by atoms with Crippen LogP contribution in [0.4, 0.5) is 22.0 Å². The first-order chi connectivity index (χ1) is 19.3. The molecule has 3 aliphatic carbocycles. The Morgan fingerprint density at radius 1 is 0.902 bits per heavy atom. The number of alkyl halides is 5. The number of aryl methyl sites for hydroxylation is 1. The molecule has 3 aliphatic rings. The minimum Gasteiger partial charge on any atom is -0.393 e. The third kappa shape index (κ3) is 7.68. The van der Waals surface area contributed by atoms with Crippen molar-refractivity contribution >= 4 is 0 Å². The topological polar surface area (TPSA) is 20.2 Å². The maximum Gasteiger partial charge on any atom is 0.453 e. The zero-order chi connectivity index (χ0) is 29.8. The summed E-state index contributed by atoms with van der Waals surface area (Å²) in [6.45, 7) is 6.52. The Labute approximate surface area is 245 Å². The summed E-state index contributed by atoms with van der Waals surface area (Å²) >= 11 is 0. The van der Waals surface area contributed by atoms with Crippen molar-refractivity contribution in [3.63, 3.8) is 0 Å². The first-order valence-corrected chi connectivity index (χ1v) is 16.6. The van der Waals surface area contributed by atoms with Crippen molar-refractivity contribution < 1.29 is 27.1 Å². The van der Waals surface area contributed by atoms with Crippen LogP contribution in [0.1, 0.15) is 139 Å². The first-order valence-electron chi connectivity index (χ1n) is 16.6. The van der Waals surface area contributed by atoms with Gasteiger partial charge in [-0.05, 0) is 98.0 Å². The summed E-state index contributed by atoms with van der Waals surface area (Å²) in [6, 6.07) is 7.11. The second-order valence-corrected chi connectivity index (χ2v) is 14.3. The highest BCUT2D eigenvalue weighted by Gasteiger charge is 2.57. The molecule has 0 bridgehead atoms. The molecule has 0 aliphatic heterocycles. The Morgan fingerprint density at radius 2 is 1.56 bits per heavy atom. The standard InChI is InChI=1S/C35H53F5O/c1-24(13-11-20-34(36,37)35(38,39)40)12-9-7-5-4-6-8-10-14-26-23-27-22-25(2)15-16-28(27)29-19-21-33(3)30(32(26)29)17-18-31(33)41/h15-16,22,24,26,29-32,41H,4-14,17-21,23H2,1-3H3/t24?,26?,29?,30?,31-,32?,33-/m0/s1. The molecule has 41 heavy (non-hydrogen) atoms. The smallest absolute Gasteiger partial charge is 0.393 e. The van der Waals surface area contributed by atoms with Gasteiger partial charge in [0.05, 0.1) is 6.10 Å². The van der Waals surface area contributed by atoms with E-state index in [4.69, 9.17) is 0 Å². The van der Waals surface area contributed by atoms with Crippen molar-refractivity contribution in [1.29, 1.82) is 0 Å². The SMILES string of the molecule is Cc1ccc2c(c1)CC(CCCCCCCCCC(C)CCCC(F)(F)C(F)(F)F)C1C2CC[C@@]2(C)C1CC[C@@H]2O. The van der Waals surface area contributed by atoms with Crippen molar-refractivity contribution in [2.75, 3.05) is 0 Å².